The summed E-state index contributed by atoms with van der Waals surface area (Å²) in [5.41, 5.74) is 0.592. The number of rotatable bonds is 7. The van der Waals surface area contributed by atoms with Gasteiger partial charge in [-0.15, -0.1) is 11.8 Å². The third kappa shape index (κ3) is 6.31. The highest BCUT2D eigenvalue weighted by molar-refractivity contribution is 7.99. The quantitative estimate of drug-likeness (QED) is 0.711. The fourth-order valence-electron chi connectivity index (χ4n) is 2.05. The fourth-order valence-corrected chi connectivity index (χ4v) is 3.04. The minimum Gasteiger partial charge on any atom is -0.336 e. The lowest BCUT2D eigenvalue weighted by Crippen LogP contribution is -2.35. The van der Waals surface area contributed by atoms with Crippen molar-refractivity contribution >= 4 is 40.9 Å². The number of hydrogen-bond acceptors (Lipinski definition) is 3. The molecule has 4 nitrogen and oxygen atoms in total. The van der Waals surface area contributed by atoms with Crippen molar-refractivity contribution in [2.45, 2.75) is 11.3 Å². The zero-order valence-corrected chi connectivity index (χ0v) is 15.5. The highest BCUT2D eigenvalue weighted by Crippen LogP contribution is 2.21. The van der Waals surface area contributed by atoms with E-state index >= 15 is 0 Å². The lowest BCUT2D eigenvalue weighted by atomic mass is 10.3. The van der Waals surface area contributed by atoms with Crippen LogP contribution in [0.1, 0.15) is 6.42 Å². The summed E-state index contributed by atoms with van der Waals surface area (Å²) in [7, 11) is 1.53. The average molecular weight is 399 g/mol. The Morgan fingerprint density at radius 3 is 2.46 bits per heavy atom. The maximum absolute atomic E-state index is 13.1. The van der Waals surface area contributed by atoms with Crippen LogP contribution in [0.25, 0.3) is 0 Å². The third-order valence-corrected chi connectivity index (χ3v) is 4.66. The van der Waals surface area contributed by atoms with Crippen molar-refractivity contribution in [1.82, 2.24) is 4.90 Å². The van der Waals surface area contributed by atoms with Gasteiger partial charge in [0.1, 0.15) is 0 Å². The number of nitrogens with one attached hydrogen (secondary N) is 1. The standard InChI is InChI=1S/C18H17ClF2N2O2S/c1-23(11-17(24)22-13-4-2-12(19)3-5-13)18(25)8-9-26-14-6-7-15(20)16(21)10-14/h2-7,10H,8-9,11H2,1H3,(H,22,24). The van der Waals surface area contributed by atoms with Crippen LogP contribution in [0.4, 0.5) is 14.5 Å². The number of benzene rings is 2. The Balaban J connectivity index is 1.75. The van der Waals surface area contributed by atoms with Gasteiger partial charge in [0.25, 0.3) is 0 Å². The molecule has 0 aliphatic rings. The number of amides is 2. The highest BCUT2D eigenvalue weighted by atomic mass is 35.5. The van der Waals surface area contributed by atoms with Crippen LogP contribution < -0.4 is 5.32 Å². The van der Waals surface area contributed by atoms with E-state index in [1.807, 2.05) is 0 Å². The van der Waals surface area contributed by atoms with Gasteiger partial charge in [0, 0.05) is 34.8 Å². The fraction of sp³-hybridized carbons (Fsp3) is 0.222. The van der Waals surface area contributed by atoms with E-state index in [9.17, 15) is 18.4 Å². The van der Waals surface area contributed by atoms with E-state index in [0.717, 1.165) is 12.1 Å². The molecule has 8 heteroatoms. The summed E-state index contributed by atoms with van der Waals surface area (Å²) < 4.78 is 26.0. The summed E-state index contributed by atoms with van der Waals surface area (Å²) in [5, 5.41) is 3.24. The number of hydrogen-bond donors (Lipinski definition) is 1. The molecule has 0 radical (unpaired) electrons. The molecule has 0 aromatic heterocycles. The van der Waals surface area contributed by atoms with Gasteiger partial charge < -0.3 is 10.2 Å². The molecule has 2 amide bonds. The first kappa shape index (κ1) is 20.2. The van der Waals surface area contributed by atoms with Gasteiger partial charge in [-0.1, -0.05) is 11.6 Å². The van der Waals surface area contributed by atoms with Crippen LogP contribution in [0, 0.1) is 11.6 Å². The molecular weight excluding hydrogens is 382 g/mol. The zero-order valence-electron chi connectivity index (χ0n) is 14.0. The SMILES string of the molecule is CN(CC(=O)Nc1ccc(Cl)cc1)C(=O)CCSc1ccc(F)c(F)c1. The van der Waals surface area contributed by atoms with Crippen molar-refractivity contribution in [3.8, 4) is 0 Å². The molecular formula is C18H17ClF2N2O2S. The number of anilines is 1. The maximum Gasteiger partial charge on any atom is 0.243 e. The van der Waals surface area contributed by atoms with E-state index in [1.54, 1.807) is 24.3 Å². The summed E-state index contributed by atoms with van der Waals surface area (Å²) in [6.07, 6.45) is 0.175. The van der Waals surface area contributed by atoms with Crippen molar-refractivity contribution in [2.75, 3.05) is 24.7 Å². The molecule has 26 heavy (non-hydrogen) atoms. The van der Waals surface area contributed by atoms with Crippen molar-refractivity contribution in [3.63, 3.8) is 0 Å². The van der Waals surface area contributed by atoms with Crippen molar-refractivity contribution in [2.24, 2.45) is 0 Å². The summed E-state index contributed by atoms with van der Waals surface area (Å²) in [4.78, 5) is 25.9. The molecule has 0 spiro atoms. The normalized spacial score (nSPS) is 10.5. The second-order valence-electron chi connectivity index (χ2n) is 5.48. The molecule has 2 rings (SSSR count). The van der Waals surface area contributed by atoms with E-state index in [1.165, 1.54) is 29.8 Å². The molecule has 0 bridgehead atoms. The molecule has 2 aromatic rings. The Hall–Kier alpha value is -2.12. The highest BCUT2D eigenvalue weighted by Gasteiger charge is 2.13. The lowest BCUT2D eigenvalue weighted by molar-refractivity contribution is -0.132. The topological polar surface area (TPSA) is 49.4 Å². The Bertz CT molecular complexity index is 787. The van der Waals surface area contributed by atoms with Gasteiger partial charge in [-0.25, -0.2) is 8.78 Å². The summed E-state index contributed by atoms with van der Waals surface area (Å²) >= 11 is 7.02. The van der Waals surface area contributed by atoms with Gasteiger partial charge in [0.2, 0.25) is 11.8 Å². The first-order valence-corrected chi connectivity index (χ1v) is 9.09. The summed E-state index contributed by atoms with van der Waals surface area (Å²) in [6.45, 7) is -0.0860. The van der Waals surface area contributed by atoms with Gasteiger partial charge in [-0.3, -0.25) is 9.59 Å². The van der Waals surface area contributed by atoms with Gasteiger partial charge >= 0.3 is 0 Å². The molecule has 0 saturated heterocycles. The van der Waals surface area contributed by atoms with E-state index in [0.29, 0.717) is 21.4 Å². The summed E-state index contributed by atoms with van der Waals surface area (Å²) in [6, 6.07) is 10.2. The Morgan fingerprint density at radius 1 is 1.12 bits per heavy atom. The van der Waals surface area contributed by atoms with Crippen molar-refractivity contribution < 1.29 is 18.4 Å². The predicted octanol–water partition coefficient (Wildman–Crippen LogP) is 4.20. The zero-order chi connectivity index (χ0) is 19.1. The van der Waals surface area contributed by atoms with Crippen LogP contribution in [0.5, 0.6) is 0 Å². The molecule has 1 N–H and O–H groups in total. The number of likely N-dealkylation sites (N-methyl/N-ethyl adjacent to an activating group) is 1. The Kier molecular flexibility index (Phi) is 7.41. The minimum atomic E-state index is -0.919. The third-order valence-electron chi connectivity index (χ3n) is 3.41. The second kappa shape index (κ2) is 9.54. The number of thioether (sulfide) groups is 1. The predicted molar refractivity (Wildman–Crippen MR) is 99.4 cm³/mol. The lowest BCUT2D eigenvalue weighted by Gasteiger charge is -2.16. The van der Waals surface area contributed by atoms with E-state index in [4.69, 9.17) is 11.6 Å². The molecule has 0 aliphatic heterocycles. The van der Waals surface area contributed by atoms with E-state index < -0.39 is 11.6 Å². The Morgan fingerprint density at radius 2 is 1.81 bits per heavy atom. The molecule has 0 heterocycles. The monoisotopic (exact) mass is 398 g/mol. The molecule has 0 unspecified atom stereocenters. The number of carbonyl (C=O) groups excluding carboxylic acids is 2. The van der Waals surface area contributed by atoms with Gasteiger partial charge in [-0.05, 0) is 42.5 Å². The Labute approximate surface area is 159 Å². The molecule has 2 aromatic carbocycles. The molecule has 138 valence electrons. The van der Waals surface area contributed by atoms with Crippen LogP contribution in [0.3, 0.4) is 0 Å². The maximum atomic E-state index is 13.1. The molecule has 0 fully saturated rings. The van der Waals surface area contributed by atoms with Gasteiger partial charge in [0.15, 0.2) is 11.6 Å². The van der Waals surface area contributed by atoms with Crippen LogP contribution in [0.2, 0.25) is 5.02 Å². The average Bonchev–Trinajstić information content (AvgIpc) is 2.60. The van der Waals surface area contributed by atoms with Gasteiger partial charge in [0.05, 0.1) is 6.54 Å². The summed E-state index contributed by atoms with van der Waals surface area (Å²) in [5.74, 6) is -1.97. The van der Waals surface area contributed by atoms with Crippen molar-refractivity contribution in [3.05, 3.63) is 59.1 Å². The minimum absolute atomic E-state index is 0.0860. The number of nitrogens with zero attached hydrogens (tertiary/aromatic N) is 1. The van der Waals surface area contributed by atoms with Crippen LogP contribution in [-0.4, -0.2) is 36.1 Å². The first-order chi connectivity index (χ1) is 12.3. The van der Waals surface area contributed by atoms with Crippen LogP contribution in [0.15, 0.2) is 47.4 Å². The second-order valence-corrected chi connectivity index (χ2v) is 7.08. The first-order valence-electron chi connectivity index (χ1n) is 7.72. The molecule has 0 saturated carbocycles. The van der Waals surface area contributed by atoms with Crippen molar-refractivity contribution in [1.29, 1.82) is 0 Å². The van der Waals surface area contributed by atoms with Crippen LogP contribution in [-0.2, 0) is 9.59 Å². The number of halogens is 3. The molecule has 0 aliphatic carbocycles. The van der Waals surface area contributed by atoms with Gasteiger partial charge in [-0.2, -0.15) is 0 Å². The number of carbonyl (C=O) groups is 2. The van der Waals surface area contributed by atoms with E-state index in [-0.39, 0.29) is 24.8 Å². The largest absolute Gasteiger partial charge is 0.336 e. The smallest absolute Gasteiger partial charge is 0.243 e. The molecule has 0 atom stereocenters. The van der Waals surface area contributed by atoms with E-state index in [2.05, 4.69) is 5.32 Å². The van der Waals surface area contributed by atoms with Crippen LogP contribution >= 0.6 is 23.4 Å².